The lowest BCUT2D eigenvalue weighted by Gasteiger charge is -2.07. The summed E-state index contributed by atoms with van der Waals surface area (Å²) in [5, 5.41) is 1.09. The number of nitrogens with zero attached hydrogens (tertiary/aromatic N) is 3. The van der Waals surface area contributed by atoms with Gasteiger partial charge in [0.15, 0.2) is 0 Å². The van der Waals surface area contributed by atoms with E-state index < -0.39 is 0 Å². The van der Waals surface area contributed by atoms with Gasteiger partial charge in [-0.3, -0.25) is 9.59 Å². The van der Waals surface area contributed by atoms with Gasteiger partial charge in [0.2, 0.25) is 4.96 Å². The highest BCUT2D eigenvalue weighted by Gasteiger charge is 2.18. The molecule has 0 aliphatic heterocycles. The molecule has 0 aliphatic carbocycles. The second-order valence-electron chi connectivity index (χ2n) is 8.02. The Morgan fingerprint density at radius 1 is 1.17 bits per heavy atom. The molecule has 1 aromatic carbocycles. The van der Waals surface area contributed by atoms with Crippen molar-refractivity contribution in [3.05, 3.63) is 84.2 Å². The Bertz CT molecular complexity index is 1490. The molecule has 4 aromatic rings. The van der Waals surface area contributed by atoms with Crippen molar-refractivity contribution in [2.45, 2.75) is 47.1 Å². The van der Waals surface area contributed by atoms with Crippen molar-refractivity contribution in [1.82, 2.24) is 14.0 Å². The third-order valence-electron chi connectivity index (χ3n) is 5.59. The highest BCUT2D eigenvalue weighted by atomic mass is 32.1. The number of thiazole rings is 1. The van der Waals surface area contributed by atoms with Crippen LogP contribution in [0.3, 0.4) is 0 Å². The SMILES string of the molecule is C=CCn1c(C)c(/C=c2\sc3nc(C)c(C(C)C)c(=O)n3c2=O)c2cc(C)ccc21. The van der Waals surface area contributed by atoms with Crippen LogP contribution in [0.5, 0.6) is 0 Å². The van der Waals surface area contributed by atoms with Crippen LogP contribution < -0.4 is 15.7 Å². The smallest absolute Gasteiger partial charge is 0.277 e. The van der Waals surface area contributed by atoms with Crippen molar-refractivity contribution in [3.63, 3.8) is 0 Å². The van der Waals surface area contributed by atoms with Crippen molar-refractivity contribution < 1.29 is 0 Å². The Balaban J connectivity index is 2.08. The molecular formula is C24H25N3O2S. The van der Waals surface area contributed by atoms with E-state index in [2.05, 4.69) is 41.3 Å². The number of fused-ring (bicyclic) bond motifs is 2. The zero-order valence-corrected chi connectivity index (χ0v) is 18.8. The van der Waals surface area contributed by atoms with Gasteiger partial charge >= 0.3 is 0 Å². The lowest BCUT2D eigenvalue weighted by Crippen LogP contribution is -2.33. The van der Waals surface area contributed by atoms with Gasteiger partial charge in [-0.05, 0) is 44.9 Å². The van der Waals surface area contributed by atoms with Crippen LogP contribution in [0.2, 0.25) is 0 Å². The number of allylic oxidation sites excluding steroid dienone is 1. The third-order valence-corrected chi connectivity index (χ3v) is 6.55. The Labute approximate surface area is 178 Å². The van der Waals surface area contributed by atoms with E-state index in [0.717, 1.165) is 27.7 Å². The zero-order chi connectivity index (χ0) is 21.7. The minimum atomic E-state index is -0.300. The first-order valence-electron chi connectivity index (χ1n) is 10.0. The Morgan fingerprint density at radius 3 is 2.57 bits per heavy atom. The summed E-state index contributed by atoms with van der Waals surface area (Å²) in [4.78, 5) is 31.2. The fourth-order valence-electron chi connectivity index (χ4n) is 4.17. The fourth-order valence-corrected chi connectivity index (χ4v) is 5.16. The van der Waals surface area contributed by atoms with E-state index >= 15 is 0 Å². The molecule has 0 radical (unpaired) electrons. The van der Waals surface area contributed by atoms with Crippen LogP contribution in [0.15, 0.2) is 40.4 Å². The molecular weight excluding hydrogens is 394 g/mol. The molecule has 0 fully saturated rings. The van der Waals surface area contributed by atoms with Crippen LogP contribution in [-0.4, -0.2) is 14.0 Å². The zero-order valence-electron chi connectivity index (χ0n) is 17.9. The summed E-state index contributed by atoms with van der Waals surface area (Å²) in [5.74, 6) is 0.00993. The van der Waals surface area contributed by atoms with Gasteiger partial charge in [0.1, 0.15) is 0 Å². The van der Waals surface area contributed by atoms with Gasteiger partial charge in [0.05, 0.1) is 4.53 Å². The number of rotatable bonds is 4. The van der Waals surface area contributed by atoms with Gasteiger partial charge in [0, 0.05) is 40.0 Å². The molecule has 30 heavy (non-hydrogen) atoms. The highest BCUT2D eigenvalue weighted by Crippen LogP contribution is 2.28. The highest BCUT2D eigenvalue weighted by molar-refractivity contribution is 7.15. The molecule has 4 rings (SSSR count). The standard InChI is InChI=1S/C24H25N3O2S/c1-7-10-26-16(6)17(18-11-14(4)8-9-19(18)26)12-20-22(28)27-23(29)21(13(2)3)15(5)25-24(27)30-20/h7-9,11-13H,1,10H2,2-6H3/b20-12-. The summed E-state index contributed by atoms with van der Waals surface area (Å²) in [6, 6.07) is 6.33. The molecule has 5 nitrogen and oxygen atoms in total. The summed E-state index contributed by atoms with van der Waals surface area (Å²) >= 11 is 1.27. The number of aryl methyl sites for hydroxylation is 2. The van der Waals surface area contributed by atoms with Crippen molar-refractivity contribution in [3.8, 4) is 0 Å². The lowest BCUT2D eigenvalue weighted by atomic mass is 10.0. The minimum Gasteiger partial charge on any atom is -0.340 e. The molecule has 0 unspecified atom stereocenters. The molecule has 0 amide bonds. The fraction of sp³-hybridized carbons (Fsp3) is 0.292. The van der Waals surface area contributed by atoms with Gasteiger partial charge in [0.25, 0.3) is 11.1 Å². The molecule has 0 spiro atoms. The van der Waals surface area contributed by atoms with Crippen LogP contribution in [-0.2, 0) is 6.54 Å². The van der Waals surface area contributed by atoms with Crippen LogP contribution in [0.1, 0.15) is 47.8 Å². The lowest BCUT2D eigenvalue weighted by molar-refractivity contribution is 0.804. The Morgan fingerprint density at radius 2 is 1.90 bits per heavy atom. The normalized spacial score (nSPS) is 12.5. The first kappa shape index (κ1) is 20.3. The average molecular weight is 420 g/mol. The van der Waals surface area contributed by atoms with Crippen molar-refractivity contribution in [2.24, 2.45) is 0 Å². The largest absolute Gasteiger partial charge is 0.340 e. The molecule has 154 valence electrons. The third kappa shape index (κ3) is 3.03. The van der Waals surface area contributed by atoms with Crippen LogP contribution in [0, 0.1) is 20.8 Å². The molecule has 0 saturated carbocycles. The van der Waals surface area contributed by atoms with Gasteiger partial charge < -0.3 is 4.57 Å². The predicted molar refractivity (Wildman–Crippen MR) is 125 cm³/mol. The maximum absolute atomic E-state index is 13.2. The molecule has 3 heterocycles. The average Bonchev–Trinajstić information content (AvgIpc) is 3.11. The summed E-state index contributed by atoms with van der Waals surface area (Å²) in [7, 11) is 0. The predicted octanol–water partition coefficient (Wildman–Crippen LogP) is 3.85. The van der Waals surface area contributed by atoms with E-state index in [1.54, 1.807) is 0 Å². The summed E-state index contributed by atoms with van der Waals surface area (Å²) in [6.07, 6.45) is 3.77. The minimum absolute atomic E-state index is 0.00993. The first-order valence-corrected chi connectivity index (χ1v) is 10.8. The number of hydrogen-bond acceptors (Lipinski definition) is 4. The Kier molecular flexibility index (Phi) is 4.98. The van der Waals surface area contributed by atoms with Crippen molar-refractivity contribution in [2.75, 3.05) is 0 Å². The molecule has 0 bridgehead atoms. The molecule has 6 heteroatoms. The molecule has 0 saturated heterocycles. The van der Waals surface area contributed by atoms with Gasteiger partial charge in [-0.25, -0.2) is 9.38 Å². The number of aromatic nitrogens is 3. The van der Waals surface area contributed by atoms with Gasteiger partial charge in [-0.2, -0.15) is 0 Å². The first-order chi connectivity index (χ1) is 14.2. The molecule has 0 atom stereocenters. The van der Waals surface area contributed by atoms with Gasteiger partial charge in [-0.15, -0.1) is 6.58 Å². The quantitative estimate of drug-likeness (QED) is 0.472. The van der Waals surface area contributed by atoms with Crippen LogP contribution >= 0.6 is 11.3 Å². The van der Waals surface area contributed by atoms with E-state index in [-0.39, 0.29) is 17.0 Å². The van der Waals surface area contributed by atoms with Gasteiger partial charge in [-0.1, -0.05) is 42.9 Å². The van der Waals surface area contributed by atoms with E-state index in [9.17, 15) is 9.59 Å². The second-order valence-corrected chi connectivity index (χ2v) is 9.03. The second kappa shape index (κ2) is 7.36. The summed E-state index contributed by atoms with van der Waals surface area (Å²) < 4.78 is 3.93. The maximum atomic E-state index is 13.2. The van der Waals surface area contributed by atoms with E-state index in [4.69, 9.17) is 0 Å². The summed E-state index contributed by atoms with van der Waals surface area (Å²) in [6.45, 7) is 14.4. The Hall–Kier alpha value is -2.99. The number of hydrogen-bond donors (Lipinski definition) is 0. The molecule has 0 aliphatic rings. The molecule has 3 aromatic heterocycles. The topological polar surface area (TPSA) is 56.4 Å². The van der Waals surface area contributed by atoms with Crippen molar-refractivity contribution >= 4 is 33.3 Å². The van der Waals surface area contributed by atoms with Crippen molar-refractivity contribution in [1.29, 1.82) is 0 Å². The maximum Gasteiger partial charge on any atom is 0.277 e. The van der Waals surface area contributed by atoms with Crippen LogP contribution in [0.25, 0.3) is 21.9 Å². The van der Waals surface area contributed by atoms with E-state index in [1.807, 2.05) is 39.8 Å². The van der Waals surface area contributed by atoms with Crippen LogP contribution in [0.4, 0.5) is 0 Å². The molecule has 0 N–H and O–H groups in total. The van der Waals surface area contributed by atoms with E-state index in [1.165, 1.54) is 15.7 Å². The summed E-state index contributed by atoms with van der Waals surface area (Å²) in [5.41, 5.74) is 5.05. The van der Waals surface area contributed by atoms with E-state index in [0.29, 0.717) is 27.3 Å². The monoisotopic (exact) mass is 419 g/mol. The number of benzene rings is 1.